The van der Waals surface area contributed by atoms with E-state index in [9.17, 15) is 0 Å². The molecular weight excluding hydrogens is 164 g/mol. The Morgan fingerprint density at radius 1 is 1.62 bits per heavy atom. The van der Waals surface area contributed by atoms with E-state index in [4.69, 9.17) is 10.6 Å². The van der Waals surface area contributed by atoms with Gasteiger partial charge in [0.2, 0.25) is 0 Å². The molecule has 0 rings (SSSR count). The molecule has 3 nitrogen and oxygen atoms in total. The molecule has 0 aliphatic carbocycles. The Kier molecular flexibility index (Phi) is 5.95. The summed E-state index contributed by atoms with van der Waals surface area (Å²) in [5, 5.41) is 0. The summed E-state index contributed by atoms with van der Waals surface area (Å²) in [5.74, 6) is 5.44. The molecule has 0 amide bonds. The molecule has 1 unspecified atom stereocenters. The predicted octanol–water partition coefficient (Wildman–Crippen LogP) is 1.60. The van der Waals surface area contributed by atoms with Gasteiger partial charge in [-0.1, -0.05) is 6.08 Å². The molecule has 0 radical (unpaired) electrons. The largest absolute Gasteiger partial charge is 0.379 e. The average Bonchev–Trinajstić information content (AvgIpc) is 2.12. The van der Waals surface area contributed by atoms with Gasteiger partial charge in [0.15, 0.2) is 0 Å². The van der Waals surface area contributed by atoms with E-state index in [1.54, 1.807) is 7.11 Å². The van der Waals surface area contributed by atoms with E-state index in [1.165, 1.54) is 0 Å². The number of hydrogen-bond acceptors (Lipinski definition) is 3. The van der Waals surface area contributed by atoms with Gasteiger partial charge in [0, 0.05) is 13.2 Å². The van der Waals surface area contributed by atoms with Gasteiger partial charge in [-0.25, -0.2) is 0 Å². The number of nitrogens with one attached hydrogen (secondary N) is 1. The summed E-state index contributed by atoms with van der Waals surface area (Å²) in [7, 11) is 1.72. The van der Waals surface area contributed by atoms with Crippen LogP contribution in [-0.4, -0.2) is 18.8 Å². The second-order valence-electron chi connectivity index (χ2n) is 3.90. The van der Waals surface area contributed by atoms with Crippen molar-refractivity contribution < 1.29 is 4.74 Å². The van der Waals surface area contributed by atoms with Gasteiger partial charge in [-0.05, 0) is 33.1 Å². The zero-order chi connectivity index (χ0) is 10.3. The maximum atomic E-state index is 5.44. The maximum Gasteiger partial charge on any atom is 0.0638 e. The van der Waals surface area contributed by atoms with Gasteiger partial charge in [0.05, 0.1) is 5.60 Å². The first-order valence-corrected chi connectivity index (χ1v) is 4.68. The summed E-state index contributed by atoms with van der Waals surface area (Å²) in [6, 6.07) is 0.299. The van der Waals surface area contributed by atoms with Crippen LogP contribution in [0.5, 0.6) is 0 Å². The number of nitrogens with two attached hydrogens (primary N) is 1. The zero-order valence-electron chi connectivity index (χ0n) is 8.97. The van der Waals surface area contributed by atoms with Crippen LogP contribution in [0.25, 0.3) is 0 Å². The summed E-state index contributed by atoms with van der Waals surface area (Å²) >= 11 is 0. The summed E-state index contributed by atoms with van der Waals surface area (Å²) in [4.78, 5) is 0. The van der Waals surface area contributed by atoms with Crippen molar-refractivity contribution in [1.82, 2.24) is 5.43 Å². The lowest BCUT2D eigenvalue weighted by atomic mass is 9.96. The highest BCUT2D eigenvalue weighted by Crippen LogP contribution is 2.17. The monoisotopic (exact) mass is 186 g/mol. The lowest BCUT2D eigenvalue weighted by molar-refractivity contribution is 0.00645. The van der Waals surface area contributed by atoms with Crippen LogP contribution in [0.3, 0.4) is 0 Å². The second kappa shape index (κ2) is 6.13. The minimum Gasteiger partial charge on any atom is -0.379 e. The Hall–Kier alpha value is -0.380. The van der Waals surface area contributed by atoms with E-state index in [2.05, 4.69) is 25.9 Å². The summed E-state index contributed by atoms with van der Waals surface area (Å²) in [6.07, 6.45) is 4.80. The zero-order valence-corrected chi connectivity index (χ0v) is 8.97. The van der Waals surface area contributed by atoms with Gasteiger partial charge in [0.1, 0.15) is 0 Å². The van der Waals surface area contributed by atoms with Crippen molar-refractivity contribution in [3.63, 3.8) is 0 Å². The van der Waals surface area contributed by atoms with Gasteiger partial charge in [0.25, 0.3) is 0 Å². The van der Waals surface area contributed by atoms with E-state index in [1.807, 2.05) is 6.08 Å². The summed E-state index contributed by atoms with van der Waals surface area (Å²) in [5.41, 5.74) is 2.69. The van der Waals surface area contributed by atoms with Crippen LogP contribution in [0.2, 0.25) is 0 Å². The van der Waals surface area contributed by atoms with Crippen LogP contribution in [0, 0.1) is 0 Å². The number of rotatable bonds is 7. The van der Waals surface area contributed by atoms with Crippen molar-refractivity contribution >= 4 is 0 Å². The highest BCUT2D eigenvalue weighted by molar-refractivity contribution is 4.79. The SMILES string of the molecule is C=CCCC(CC(C)(C)OC)NN. The molecule has 0 heterocycles. The van der Waals surface area contributed by atoms with Crippen LogP contribution >= 0.6 is 0 Å². The highest BCUT2D eigenvalue weighted by atomic mass is 16.5. The maximum absolute atomic E-state index is 5.44. The van der Waals surface area contributed by atoms with Gasteiger partial charge in [-0.2, -0.15) is 0 Å². The van der Waals surface area contributed by atoms with Crippen LogP contribution in [-0.2, 0) is 4.74 Å². The van der Waals surface area contributed by atoms with Crippen LogP contribution in [0.1, 0.15) is 33.1 Å². The molecule has 13 heavy (non-hydrogen) atoms. The molecular formula is C10H22N2O. The molecule has 0 aliphatic heterocycles. The van der Waals surface area contributed by atoms with E-state index in [-0.39, 0.29) is 5.60 Å². The molecule has 0 fully saturated rings. The lowest BCUT2D eigenvalue weighted by Crippen LogP contribution is -2.41. The van der Waals surface area contributed by atoms with Crippen molar-refractivity contribution in [1.29, 1.82) is 0 Å². The summed E-state index contributed by atoms with van der Waals surface area (Å²) in [6.45, 7) is 7.81. The number of hydrazine groups is 1. The minimum atomic E-state index is -0.113. The molecule has 3 heteroatoms. The first-order chi connectivity index (χ1) is 6.05. The van der Waals surface area contributed by atoms with E-state index in [0.29, 0.717) is 6.04 Å². The Labute approximate surface area is 81.3 Å². The number of allylic oxidation sites excluding steroid dienone is 1. The quantitative estimate of drug-likeness (QED) is 0.361. The molecule has 0 aromatic rings. The molecule has 0 saturated carbocycles. The third-order valence-electron chi connectivity index (χ3n) is 2.25. The Morgan fingerprint density at radius 3 is 2.62 bits per heavy atom. The molecule has 78 valence electrons. The molecule has 0 aromatic carbocycles. The lowest BCUT2D eigenvalue weighted by Gasteiger charge is -2.27. The molecule has 1 atom stereocenters. The smallest absolute Gasteiger partial charge is 0.0638 e. The average molecular weight is 186 g/mol. The molecule has 0 spiro atoms. The van der Waals surface area contributed by atoms with Crippen LogP contribution in [0.4, 0.5) is 0 Å². The molecule has 0 aliphatic rings. The van der Waals surface area contributed by atoms with E-state index >= 15 is 0 Å². The van der Waals surface area contributed by atoms with E-state index in [0.717, 1.165) is 19.3 Å². The number of hydrogen-bond donors (Lipinski definition) is 2. The van der Waals surface area contributed by atoms with Crippen LogP contribution in [0.15, 0.2) is 12.7 Å². The first-order valence-electron chi connectivity index (χ1n) is 4.68. The van der Waals surface area contributed by atoms with Gasteiger partial charge >= 0.3 is 0 Å². The topological polar surface area (TPSA) is 47.3 Å². The number of methoxy groups -OCH3 is 1. The van der Waals surface area contributed by atoms with Gasteiger partial charge in [-0.3, -0.25) is 11.3 Å². The Balaban J connectivity index is 3.88. The third-order valence-corrected chi connectivity index (χ3v) is 2.25. The molecule has 0 bridgehead atoms. The van der Waals surface area contributed by atoms with Crippen molar-refractivity contribution in [2.24, 2.45) is 5.84 Å². The normalized spacial score (nSPS) is 14.2. The molecule has 0 saturated heterocycles. The fraction of sp³-hybridized carbons (Fsp3) is 0.800. The fourth-order valence-corrected chi connectivity index (χ4v) is 1.24. The van der Waals surface area contributed by atoms with E-state index < -0.39 is 0 Å². The van der Waals surface area contributed by atoms with Crippen molar-refractivity contribution in [3.8, 4) is 0 Å². The Morgan fingerprint density at radius 2 is 2.23 bits per heavy atom. The highest BCUT2D eigenvalue weighted by Gasteiger charge is 2.21. The van der Waals surface area contributed by atoms with Crippen LogP contribution < -0.4 is 11.3 Å². The molecule has 0 aromatic heterocycles. The first kappa shape index (κ1) is 12.6. The third kappa shape index (κ3) is 5.80. The van der Waals surface area contributed by atoms with Crippen molar-refractivity contribution in [3.05, 3.63) is 12.7 Å². The predicted molar refractivity (Wildman–Crippen MR) is 56.2 cm³/mol. The van der Waals surface area contributed by atoms with Gasteiger partial charge < -0.3 is 4.74 Å². The molecule has 3 N–H and O–H groups in total. The van der Waals surface area contributed by atoms with Gasteiger partial charge in [-0.15, -0.1) is 6.58 Å². The minimum absolute atomic E-state index is 0.113. The number of ether oxygens (including phenoxy) is 1. The van der Waals surface area contributed by atoms with Crippen molar-refractivity contribution in [2.45, 2.75) is 44.8 Å². The fourth-order valence-electron chi connectivity index (χ4n) is 1.24. The standard InChI is InChI=1S/C10H22N2O/c1-5-6-7-9(12-11)8-10(2,3)13-4/h5,9,12H,1,6-8,11H2,2-4H3. The summed E-state index contributed by atoms with van der Waals surface area (Å²) < 4.78 is 5.33. The second-order valence-corrected chi connectivity index (χ2v) is 3.90. The van der Waals surface area contributed by atoms with Crippen molar-refractivity contribution in [2.75, 3.05) is 7.11 Å². The Bertz CT molecular complexity index is 146.